The molecule has 0 aliphatic carbocycles. The maximum atomic E-state index is 10.5. The largest absolute Gasteiger partial charge is 0.368 e. The number of hydrogen-bond acceptors (Lipinski definition) is 3. The average Bonchev–Trinajstić information content (AvgIpc) is 1.87. The number of carbonyl (C=O) groups is 1. The number of likely N-dealkylation sites (N-methyl/N-ethyl adjacent to an activating group) is 1. The molecule has 1 atom stereocenters. The van der Waals surface area contributed by atoms with Crippen LogP contribution in [0.4, 0.5) is 0 Å². The monoisotopic (exact) mass is 141 g/mol. The number of nitrogens with two attached hydrogens (primary N) is 1. The second-order valence-corrected chi connectivity index (χ2v) is 2.15. The number of rotatable bonds is 3. The van der Waals surface area contributed by atoms with E-state index in [0.717, 1.165) is 0 Å². The Hall–Kier alpha value is -1.08. The lowest BCUT2D eigenvalue weighted by atomic mass is 10.3. The Morgan fingerprint density at radius 3 is 2.70 bits per heavy atom. The van der Waals surface area contributed by atoms with Crippen LogP contribution in [-0.4, -0.2) is 30.4 Å². The van der Waals surface area contributed by atoms with Crippen molar-refractivity contribution in [1.82, 2.24) is 4.90 Å². The summed E-state index contributed by atoms with van der Waals surface area (Å²) in [7, 11) is 1.68. The molecule has 1 unspecified atom stereocenters. The van der Waals surface area contributed by atoms with Crippen molar-refractivity contribution < 1.29 is 4.79 Å². The van der Waals surface area contributed by atoms with E-state index in [2.05, 4.69) is 0 Å². The number of amides is 1. The quantitative estimate of drug-likeness (QED) is 0.529. The third-order valence-corrected chi connectivity index (χ3v) is 1.39. The summed E-state index contributed by atoms with van der Waals surface area (Å²) in [6.45, 7) is 1.89. The molecule has 2 N–H and O–H groups in total. The fourth-order valence-electron chi connectivity index (χ4n) is 0.466. The number of hydrogen-bond donors (Lipinski definition) is 1. The molecule has 0 spiro atoms. The summed E-state index contributed by atoms with van der Waals surface area (Å²) in [6.07, 6.45) is 0. The lowest BCUT2D eigenvalue weighted by Crippen LogP contribution is -2.40. The first-order valence-corrected chi connectivity index (χ1v) is 2.96. The van der Waals surface area contributed by atoms with Gasteiger partial charge >= 0.3 is 0 Å². The van der Waals surface area contributed by atoms with Gasteiger partial charge in [0.15, 0.2) is 0 Å². The third-order valence-electron chi connectivity index (χ3n) is 1.39. The molecule has 0 saturated heterocycles. The topological polar surface area (TPSA) is 70.1 Å². The average molecular weight is 141 g/mol. The van der Waals surface area contributed by atoms with Gasteiger partial charge < -0.3 is 5.73 Å². The minimum absolute atomic E-state index is 0.226. The van der Waals surface area contributed by atoms with Gasteiger partial charge in [0, 0.05) is 0 Å². The fourth-order valence-corrected chi connectivity index (χ4v) is 0.466. The van der Waals surface area contributed by atoms with Gasteiger partial charge in [-0.15, -0.1) is 0 Å². The van der Waals surface area contributed by atoms with E-state index in [0.29, 0.717) is 0 Å². The van der Waals surface area contributed by atoms with Crippen LogP contribution in [0.3, 0.4) is 0 Å². The van der Waals surface area contributed by atoms with E-state index in [4.69, 9.17) is 11.0 Å². The van der Waals surface area contributed by atoms with Gasteiger partial charge in [-0.3, -0.25) is 9.69 Å². The van der Waals surface area contributed by atoms with Crippen molar-refractivity contribution in [2.24, 2.45) is 5.73 Å². The lowest BCUT2D eigenvalue weighted by Gasteiger charge is -2.17. The molecule has 10 heavy (non-hydrogen) atoms. The normalized spacial score (nSPS) is 12.6. The fraction of sp³-hybridized carbons (Fsp3) is 0.667. The van der Waals surface area contributed by atoms with Gasteiger partial charge in [0.1, 0.15) is 0 Å². The molecule has 0 saturated carbocycles. The molecule has 0 aliphatic heterocycles. The van der Waals surface area contributed by atoms with E-state index in [1.54, 1.807) is 18.9 Å². The number of nitriles is 1. The second-order valence-electron chi connectivity index (χ2n) is 2.15. The first kappa shape index (κ1) is 8.92. The highest BCUT2D eigenvalue weighted by molar-refractivity contribution is 5.79. The van der Waals surface area contributed by atoms with E-state index in [9.17, 15) is 4.79 Å². The van der Waals surface area contributed by atoms with E-state index in [1.165, 1.54) is 0 Å². The van der Waals surface area contributed by atoms with Crippen LogP contribution in [0, 0.1) is 11.3 Å². The van der Waals surface area contributed by atoms with Crippen molar-refractivity contribution in [1.29, 1.82) is 5.26 Å². The van der Waals surface area contributed by atoms with Gasteiger partial charge in [0.25, 0.3) is 0 Å². The summed E-state index contributed by atoms with van der Waals surface area (Å²) in [4.78, 5) is 12.1. The summed E-state index contributed by atoms with van der Waals surface area (Å²) in [5.74, 6) is -0.405. The van der Waals surface area contributed by atoms with Crippen molar-refractivity contribution in [3.05, 3.63) is 0 Å². The predicted molar refractivity (Wildman–Crippen MR) is 36.9 cm³/mol. The van der Waals surface area contributed by atoms with E-state index < -0.39 is 5.91 Å². The molecule has 0 rings (SSSR count). The standard InChI is InChI=1S/C6H11N3O/c1-5(6(8)10)9(2)4-3-7/h5H,4H2,1-2H3,(H2,8,10). The van der Waals surface area contributed by atoms with Crippen LogP contribution in [0.5, 0.6) is 0 Å². The zero-order valence-electron chi connectivity index (χ0n) is 6.16. The molecule has 0 fully saturated rings. The number of nitrogens with zero attached hydrogens (tertiary/aromatic N) is 2. The Kier molecular flexibility index (Phi) is 3.44. The van der Waals surface area contributed by atoms with Crippen molar-refractivity contribution in [3.8, 4) is 6.07 Å². The highest BCUT2D eigenvalue weighted by Gasteiger charge is 2.12. The molecule has 0 aromatic carbocycles. The van der Waals surface area contributed by atoms with Crippen molar-refractivity contribution >= 4 is 5.91 Å². The van der Waals surface area contributed by atoms with Gasteiger partial charge in [-0.2, -0.15) is 5.26 Å². The highest BCUT2D eigenvalue weighted by Crippen LogP contribution is 1.91. The number of primary amides is 1. The van der Waals surface area contributed by atoms with Crippen molar-refractivity contribution in [3.63, 3.8) is 0 Å². The summed E-state index contributed by atoms with van der Waals surface area (Å²) in [6, 6.07) is 1.56. The summed E-state index contributed by atoms with van der Waals surface area (Å²) >= 11 is 0. The summed E-state index contributed by atoms with van der Waals surface area (Å²) in [5, 5.41) is 8.22. The molecular weight excluding hydrogens is 130 g/mol. The molecule has 4 nitrogen and oxygen atoms in total. The Bertz CT molecular complexity index is 161. The predicted octanol–water partition coefficient (Wildman–Crippen LogP) is -0.684. The SMILES string of the molecule is CC(C(N)=O)N(C)CC#N. The third kappa shape index (κ3) is 2.46. The lowest BCUT2D eigenvalue weighted by molar-refractivity contribution is -0.122. The van der Waals surface area contributed by atoms with Crippen LogP contribution in [0.25, 0.3) is 0 Å². The van der Waals surface area contributed by atoms with Crippen LogP contribution in [0.2, 0.25) is 0 Å². The maximum absolute atomic E-state index is 10.5. The van der Waals surface area contributed by atoms with Gasteiger partial charge in [-0.1, -0.05) is 0 Å². The molecule has 0 radical (unpaired) electrons. The van der Waals surface area contributed by atoms with Crippen LogP contribution >= 0.6 is 0 Å². The minimum atomic E-state index is -0.405. The molecule has 0 bridgehead atoms. The Morgan fingerprint density at radius 1 is 1.90 bits per heavy atom. The van der Waals surface area contributed by atoms with Crippen LogP contribution in [0.15, 0.2) is 0 Å². The zero-order valence-corrected chi connectivity index (χ0v) is 6.16. The summed E-state index contributed by atoms with van der Waals surface area (Å²) < 4.78 is 0. The highest BCUT2D eigenvalue weighted by atomic mass is 16.1. The Morgan fingerprint density at radius 2 is 2.40 bits per heavy atom. The molecule has 4 heteroatoms. The molecule has 0 heterocycles. The zero-order chi connectivity index (χ0) is 8.15. The van der Waals surface area contributed by atoms with E-state index in [1.807, 2.05) is 6.07 Å². The minimum Gasteiger partial charge on any atom is -0.368 e. The van der Waals surface area contributed by atoms with Crippen molar-refractivity contribution in [2.45, 2.75) is 13.0 Å². The van der Waals surface area contributed by atoms with Crippen LogP contribution in [-0.2, 0) is 4.79 Å². The van der Waals surface area contributed by atoms with Gasteiger partial charge in [0.2, 0.25) is 5.91 Å². The second kappa shape index (κ2) is 3.85. The first-order valence-electron chi connectivity index (χ1n) is 2.96. The first-order chi connectivity index (χ1) is 4.59. The maximum Gasteiger partial charge on any atom is 0.234 e. The van der Waals surface area contributed by atoms with Crippen molar-refractivity contribution in [2.75, 3.05) is 13.6 Å². The summed E-state index contributed by atoms with van der Waals surface area (Å²) in [5.41, 5.74) is 4.98. The van der Waals surface area contributed by atoms with Crippen LogP contribution < -0.4 is 5.73 Å². The molecule has 0 aliphatic rings. The molecule has 0 aromatic heterocycles. The molecule has 0 aromatic rings. The smallest absolute Gasteiger partial charge is 0.234 e. The van der Waals surface area contributed by atoms with E-state index >= 15 is 0 Å². The van der Waals surface area contributed by atoms with E-state index in [-0.39, 0.29) is 12.6 Å². The molecule has 1 amide bonds. The molecular formula is C6H11N3O. The number of carbonyl (C=O) groups excluding carboxylic acids is 1. The Labute approximate surface area is 60.2 Å². The molecule has 56 valence electrons. The van der Waals surface area contributed by atoms with Gasteiger partial charge in [0.05, 0.1) is 18.7 Å². The van der Waals surface area contributed by atoms with Gasteiger partial charge in [-0.05, 0) is 14.0 Å². The van der Waals surface area contributed by atoms with Gasteiger partial charge in [-0.25, -0.2) is 0 Å². The Balaban J connectivity index is 3.84. The van der Waals surface area contributed by atoms with Crippen LogP contribution in [0.1, 0.15) is 6.92 Å².